The van der Waals surface area contributed by atoms with E-state index in [9.17, 15) is 8.42 Å². The monoisotopic (exact) mass is 215 g/mol. The van der Waals surface area contributed by atoms with E-state index in [2.05, 4.69) is 10.4 Å². The fraction of sp³-hybridized carbons (Fsp3) is 0.625. The Hall–Kier alpha value is -1.04. The van der Waals surface area contributed by atoms with Crippen molar-refractivity contribution in [3.8, 4) is 0 Å². The zero-order valence-corrected chi connectivity index (χ0v) is 9.00. The molecule has 1 N–H and O–H groups in total. The van der Waals surface area contributed by atoms with Crippen LogP contribution in [0.4, 0.5) is 5.69 Å². The van der Waals surface area contributed by atoms with Gasteiger partial charge in [0.15, 0.2) is 9.84 Å². The fourth-order valence-corrected chi connectivity index (χ4v) is 2.80. The number of rotatable bonds is 2. The highest BCUT2D eigenvalue weighted by Gasteiger charge is 2.33. The maximum absolute atomic E-state index is 10.9. The number of nitrogens with zero attached hydrogens (tertiary/aromatic N) is 2. The Morgan fingerprint density at radius 3 is 2.64 bits per heavy atom. The molecule has 6 heteroatoms. The molecule has 0 aliphatic carbocycles. The standard InChI is InChI=1S/C8H13N3O2S/c1-6-8(3-9-11(6)2)10-7-4-14(12,13)5-7/h3,7,10H,4-5H2,1-2H3. The van der Waals surface area contributed by atoms with Crippen molar-refractivity contribution in [1.29, 1.82) is 0 Å². The molecule has 78 valence electrons. The van der Waals surface area contributed by atoms with Crippen molar-refractivity contribution in [3.63, 3.8) is 0 Å². The lowest BCUT2D eigenvalue weighted by molar-refractivity contribution is 0.570. The van der Waals surface area contributed by atoms with E-state index >= 15 is 0 Å². The van der Waals surface area contributed by atoms with Crippen molar-refractivity contribution in [2.45, 2.75) is 13.0 Å². The number of aryl methyl sites for hydroxylation is 1. The number of aromatic nitrogens is 2. The Balaban J connectivity index is 2.03. The molecular formula is C8H13N3O2S. The van der Waals surface area contributed by atoms with Crippen LogP contribution in [0, 0.1) is 6.92 Å². The summed E-state index contributed by atoms with van der Waals surface area (Å²) in [5.41, 5.74) is 1.95. The van der Waals surface area contributed by atoms with Gasteiger partial charge in [-0.1, -0.05) is 0 Å². The molecule has 1 aliphatic heterocycles. The molecule has 0 amide bonds. The van der Waals surface area contributed by atoms with Gasteiger partial charge in [-0.25, -0.2) is 8.42 Å². The number of hydrogen-bond donors (Lipinski definition) is 1. The van der Waals surface area contributed by atoms with Crippen LogP contribution in [0.1, 0.15) is 5.69 Å². The van der Waals surface area contributed by atoms with Gasteiger partial charge in [0.25, 0.3) is 0 Å². The first-order valence-electron chi connectivity index (χ1n) is 4.43. The predicted molar refractivity (Wildman–Crippen MR) is 54.0 cm³/mol. The van der Waals surface area contributed by atoms with Crippen LogP contribution in [-0.2, 0) is 16.9 Å². The lowest BCUT2D eigenvalue weighted by Gasteiger charge is -2.27. The summed E-state index contributed by atoms with van der Waals surface area (Å²) in [6.45, 7) is 1.95. The molecule has 1 saturated heterocycles. The van der Waals surface area contributed by atoms with Gasteiger partial charge in [0.05, 0.1) is 35.1 Å². The fourth-order valence-electron chi connectivity index (χ4n) is 1.51. The van der Waals surface area contributed by atoms with Crippen molar-refractivity contribution >= 4 is 15.5 Å². The van der Waals surface area contributed by atoms with Crippen LogP contribution >= 0.6 is 0 Å². The number of sulfone groups is 1. The molecule has 0 saturated carbocycles. The van der Waals surface area contributed by atoms with Crippen LogP contribution in [-0.4, -0.2) is 35.7 Å². The molecule has 5 nitrogen and oxygen atoms in total. The SMILES string of the molecule is Cc1c(NC2CS(=O)(=O)C2)cnn1C. The molecule has 2 heterocycles. The first-order valence-corrected chi connectivity index (χ1v) is 6.25. The van der Waals surface area contributed by atoms with Gasteiger partial charge >= 0.3 is 0 Å². The smallest absolute Gasteiger partial charge is 0.154 e. The third kappa shape index (κ3) is 1.61. The van der Waals surface area contributed by atoms with Crippen LogP contribution in [0.15, 0.2) is 6.20 Å². The number of hydrogen-bond acceptors (Lipinski definition) is 4. The third-order valence-corrected chi connectivity index (χ3v) is 4.33. The molecular weight excluding hydrogens is 202 g/mol. The van der Waals surface area contributed by atoms with Gasteiger partial charge in [-0.3, -0.25) is 4.68 Å². The third-order valence-electron chi connectivity index (χ3n) is 2.51. The molecule has 14 heavy (non-hydrogen) atoms. The first-order chi connectivity index (χ1) is 6.48. The summed E-state index contributed by atoms with van der Waals surface area (Å²) >= 11 is 0. The summed E-state index contributed by atoms with van der Waals surface area (Å²) in [4.78, 5) is 0. The van der Waals surface area contributed by atoms with Crippen molar-refractivity contribution < 1.29 is 8.42 Å². The second kappa shape index (κ2) is 2.98. The zero-order chi connectivity index (χ0) is 10.3. The second-order valence-electron chi connectivity index (χ2n) is 3.69. The summed E-state index contributed by atoms with van der Waals surface area (Å²) in [6.07, 6.45) is 1.72. The van der Waals surface area contributed by atoms with Crippen LogP contribution < -0.4 is 5.32 Å². The van der Waals surface area contributed by atoms with Crippen LogP contribution in [0.5, 0.6) is 0 Å². The molecule has 1 aliphatic rings. The Labute approximate surface area is 83.0 Å². The molecule has 1 aromatic rings. The minimum Gasteiger partial charge on any atom is -0.378 e. The van der Waals surface area contributed by atoms with Crippen molar-refractivity contribution in [3.05, 3.63) is 11.9 Å². The van der Waals surface area contributed by atoms with Gasteiger partial charge < -0.3 is 5.32 Å². The average molecular weight is 215 g/mol. The summed E-state index contributed by atoms with van der Waals surface area (Å²) in [6, 6.07) is 0.0582. The zero-order valence-electron chi connectivity index (χ0n) is 8.19. The molecule has 0 atom stereocenters. The normalized spacial score (nSPS) is 20.4. The van der Waals surface area contributed by atoms with E-state index in [0.29, 0.717) is 0 Å². The van der Waals surface area contributed by atoms with Gasteiger partial charge in [0.1, 0.15) is 0 Å². The minimum absolute atomic E-state index is 0.0582. The van der Waals surface area contributed by atoms with Crippen LogP contribution in [0.2, 0.25) is 0 Å². The lowest BCUT2D eigenvalue weighted by atomic mass is 10.3. The van der Waals surface area contributed by atoms with Crippen molar-refractivity contribution in [2.24, 2.45) is 7.05 Å². The Morgan fingerprint density at radius 1 is 1.57 bits per heavy atom. The summed E-state index contributed by atoms with van der Waals surface area (Å²) in [5.74, 6) is 0.475. The van der Waals surface area contributed by atoms with Gasteiger partial charge in [0.2, 0.25) is 0 Å². The van der Waals surface area contributed by atoms with Crippen molar-refractivity contribution in [1.82, 2.24) is 9.78 Å². The largest absolute Gasteiger partial charge is 0.378 e. The van der Waals surface area contributed by atoms with E-state index in [-0.39, 0.29) is 17.5 Å². The average Bonchev–Trinajstić information content (AvgIpc) is 2.33. The molecule has 1 fully saturated rings. The van der Waals surface area contributed by atoms with Gasteiger partial charge in [-0.15, -0.1) is 0 Å². The first kappa shape index (κ1) is 9.51. The van der Waals surface area contributed by atoms with E-state index < -0.39 is 9.84 Å². The molecule has 0 spiro atoms. The summed E-state index contributed by atoms with van der Waals surface area (Å²) in [5, 5.41) is 7.23. The second-order valence-corrected chi connectivity index (χ2v) is 5.84. The predicted octanol–water partition coefficient (Wildman–Crippen LogP) is -0.0626. The van der Waals surface area contributed by atoms with Gasteiger partial charge in [-0.05, 0) is 6.92 Å². The summed E-state index contributed by atoms with van der Waals surface area (Å²) < 4.78 is 23.6. The van der Waals surface area contributed by atoms with E-state index in [1.54, 1.807) is 10.9 Å². The highest BCUT2D eigenvalue weighted by molar-refractivity contribution is 7.92. The summed E-state index contributed by atoms with van der Waals surface area (Å²) in [7, 11) is -0.887. The Kier molecular flexibility index (Phi) is 2.02. The molecule has 0 bridgehead atoms. The highest BCUT2D eigenvalue weighted by atomic mass is 32.2. The van der Waals surface area contributed by atoms with Gasteiger partial charge in [-0.2, -0.15) is 5.10 Å². The topological polar surface area (TPSA) is 64.0 Å². The van der Waals surface area contributed by atoms with E-state index in [0.717, 1.165) is 11.4 Å². The lowest BCUT2D eigenvalue weighted by Crippen LogP contribution is -2.46. The van der Waals surface area contributed by atoms with Crippen LogP contribution in [0.3, 0.4) is 0 Å². The maximum atomic E-state index is 10.9. The van der Waals surface area contributed by atoms with E-state index in [1.165, 1.54) is 0 Å². The minimum atomic E-state index is -2.75. The molecule has 0 unspecified atom stereocenters. The molecule has 2 rings (SSSR count). The number of nitrogens with one attached hydrogen (secondary N) is 1. The van der Waals surface area contributed by atoms with E-state index in [1.807, 2.05) is 14.0 Å². The highest BCUT2D eigenvalue weighted by Crippen LogP contribution is 2.19. The Morgan fingerprint density at radius 2 is 2.21 bits per heavy atom. The molecule has 1 aromatic heterocycles. The Bertz CT molecular complexity index is 437. The number of anilines is 1. The maximum Gasteiger partial charge on any atom is 0.154 e. The van der Waals surface area contributed by atoms with Crippen LogP contribution in [0.25, 0.3) is 0 Å². The van der Waals surface area contributed by atoms with Gasteiger partial charge in [0, 0.05) is 7.05 Å². The van der Waals surface area contributed by atoms with Crippen molar-refractivity contribution in [2.75, 3.05) is 16.8 Å². The quantitative estimate of drug-likeness (QED) is 0.750. The molecule has 0 radical (unpaired) electrons. The van der Waals surface area contributed by atoms with E-state index in [4.69, 9.17) is 0 Å². The molecule has 0 aromatic carbocycles.